The third-order valence-electron chi connectivity index (χ3n) is 3.53. The predicted octanol–water partition coefficient (Wildman–Crippen LogP) is 3.86. The molecule has 0 saturated carbocycles. The molecule has 1 nitrogen and oxygen atoms in total. The Morgan fingerprint density at radius 2 is 1.82 bits per heavy atom. The van der Waals surface area contributed by atoms with Crippen LogP contribution >= 0.6 is 0 Å². The van der Waals surface area contributed by atoms with E-state index in [0.717, 1.165) is 6.54 Å². The van der Waals surface area contributed by atoms with Crippen LogP contribution in [0.2, 0.25) is 0 Å². The van der Waals surface area contributed by atoms with Crippen LogP contribution in [-0.2, 0) is 0 Å². The summed E-state index contributed by atoms with van der Waals surface area (Å²) < 4.78 is 0. The van der Waals surface area contributed by atoms with Gasteiger partial charge in [-0.2, -0.15) is 0 Å². The fraction of sp³-hybridized carbons (Fsp3) is 0.375. The minimum absolute atomic E-state index is 0.602. The van der Waals surface area contributed by atoms with Crippen LogP contribution in [0, 0.1) is 6.92 Å². The van der Waals surface area contributed by atoms with Crippen LogP contribution < -0.4 is 5.32 Å². The molecule has 0 aliphatic carbocycles. The first-order chi connectivity index (χ1) is 8.27. The van der Waals surface area contributed by atoms with Crippen molar-refractivity contribution in [3.05, 3.63) is 47.5 Å². The molecule has 2 aromatic carbocycles. The molecule has 0 saturated heterocycles. The summed E-state index contributed by atoms with van der Waals surface area (Å²) in [6, 6.07) is 13.2. The number of benzene rings is 2. The Balaban J connectivity index is 2.60. The number of rotatable bonds is 4. The third kappa shape index (κ3) is 2.34. The molecule has 0 aliphatic rings. The predicted molar refractivity (Wildman–Crippen MR) is 75.6 cm³/mol. The average molecular weight is 227 g/mol. The quantitative estimate of drug-likeness (QED) is 0.836. The van der Waals surface area contributed by atoms with Gasteiger partial charge in [-0.15, -0.1) is 0 Å². The molecular weight excluding hydrogens is 206 g/mol. The molecule has 2 aromatic rings. The van der Waals surface area contributed by atoms with Gasteiger partial charge in [0.1, 0.15) is 0 Å². The highest BCUT2D eigenvalue weighted by atomic mass is 14.8. The summed E-state index contributed by atoms with van der Waals surface area (Å²) >= 11 is 0. The van der Waals surface area contributed by atoms with Crippen LogP contribution in [0.5, 0.6) is 0 Å². The lowest BCUT2D eigenvalue weighted by molar-refractivity contribution is 0.615. The number of hydrogen-bond acceptors (Lipinski definition) is 1. The van der Waals surface area contributed by atoms with Crippen LogP contribution in [0.4, 0.5) is 0 Å². The van der Waals surface area contributed by atoms with Gasteiger partial charge < -0.3 is 5.32 Å². The molecule has 0 spiro atoms. The maximum absolute atomic E-state index is 3.30. The van der Waals surface area contributed by atoms with Crippen LogP contribution in [0.1, 0.15) is 30.4 Å². The van der Waals surface area contributed by atoms with E-state index in [4.69, 9.17) is 0 Å². The topological polar surface area (TPSA) is 12.0 Å². The Bertz CT molecular complexity index is 497. The lowest BCUT2D eigenvalue weighted by atomic mass is 9.89. The van der Waals surface area contributed by atoms with E-state index in [0.29, 0.717) is 5.92 Å². The van der Waals surface area contributed by atoms with Crippen molar-refractivity contribution < 1.29 is 0 Å². The van der Waals surface area contributed by atoms with Crippen LogP contribution in [0.15, 0.2) is 36.4 Å². The summed E-state index contributed by atoms with van der Waals surface area (Å²) in [5.74, 6) is 0.602. The zero-order valence-electron chi connectivity index (χ0n) is 11.0. The summed E-state index contributed by atoms with van der Waals surface area (Å²) in [5, 5.41) is 6.10. The molecule has 1 unspecified atom stereocenters. The molecule has 0 bridgehead atoms. The monoisotopic (exact) mass is 227 g/mol. The highest BCUT2D eigenvalue weighted by Crippen LogP contribution is 2.29. The molecule has 1 heteroatoms. The molecule has 1 atom stereocenters. The summed E-state index contributed by atoms with van der Waals surface area (Å²) in [5.41, 5.74) is 2.87. The highest BCUT2D eigenvalue weighted by molar-refractivity contribution is 5.89. The molecule has 1 N–H and O–H groups in total. The number of aryl methyl sites for hydroxylation is 1. The minimum Gasteiger partial charge on any atom is -0.319 e. The van der Waals surface area contributed by atoms with Gasteiger partial charge in [-0.05, 0) is 48.2 Å². The molecular formula is C16H21N. The number of nitrogens with one attached hydrogen (secondary N) is 1. The zero-order valence-corrected chi connectivity index (χ0v) is 11.0. The second-order valence-electron chi connectivity index (χ2n) is 4.68. The van der Waals surface area contributed by atoms with Crippen molar-refractivity contribution in [1.82, 2.24) is 5.32 Å². The summed E-state index contributed by atoms with van der Waals surface area (Å²) in [4.78, 5) is 0. The Morgan fingerprint density at radius 3 is 2.47 bits per heavy atom. The molecule has 0 aliphatic heterocycles. The first-order valence-corrected chi connectivity index (χ1v) is 6.40. The van der Waals surface area contributed by atoms with E-state index >= 15 is 0 Å². The standard InChI is InChI=1S/C16H21N/c1-4-13(11-17-3)15-10-6-9-14-8-5-7-12(2)16(14)15/h5-10,13,17H,4,11H2,1-3H3. The van der Waals surface area contributed by atoms with E-state index in [1.54, 1.807) is 0 Å². The Kier molecular flexibility index (Phi) is 3.80. The van der Waals surface area contributed by atoms with Gasteiger partial charge in [0, 0.05) is 6.54 Å². The van der Waals surface area contributed by atoms with Crippen LogP contribution in [0.25, 0.3) is 10.8 Å². The van der Waals surface area contributed by atoms with E-state index in [-0.39, 0.29) is 0 Å². The van der Waals surface area contributed by atoms with E-state index < -0.39 is 0 Å². The van der Waals surface area contributed by atoms with Gasteiger partial charge in [0.05, 0.1) is 0 Å². The van der Waals surface area contributed by atoms with Crippen LogP contribution in [0.3, 0.4) is 0 Å². The molecule has 2 rings (SSSR count). The van der Waals surface area contributed by atoms with E-state index in [1.807, 2.05) is 7.05 Å². The minimum atomic E-state index is 0.602. The average Bonchev–Trinajstić information content (AvgIpc) is 2.36. The molecule has 90 valence electrons. The van der Waals surface area contributed by atoms with Gasteiger partial charge in [0.25, 0.3) is 0 Å². The molecule has 0 amide bonds. The lowest BCUT2D eigenvalue weighted by Crippen LogP contribution is -2.17. The van der Waals surface area contributed by atoms with E-state index in [1.165, 1.54) is 28.3 Å². The Morgan fingerprint density at radius 1 is 1.12 bits per heavy atom. The molecule has 0 radical (unpaired) electrons. The van der Waals surface area contributed by atoms with Crippen molar-refractivity contribution in [3.8, 4) is 0 Å². The van der Waals surface area contributed by atoms with Gasteiger partial charge in [0.2, 0.25) is 0 Å². The largest absolute Gasteiger partial charge is 0.319 e. The zero-order chi connectivity index (χ0) is 12.3. The van der Waals surface area contributed by atoms with Gasteiger partial charge in [0.15, 0.2) is 0 Å². The van der Waals surface area contributed by atoms with Crippen molar-refractivity contribution in [3.63, 3.8) is 0 Å². The molecule has 0 heterocycles. The first kappa shape index (κ1) is 12.1. The number of likely N-dealkylation sites (N-methyl/N-ethyl adjacent to an activating group) is 1. The lowest BCUT2D eigenvalue weighted by Gasteiger charge is -2.18. The first-order valence-electron chi connectivity index (χ1n) is 6.40. The second kappa shape index (κ2) is 5.33. The fourth-order valence-electron chi connectivity index (χ4n) is 2.62. The summed E-state index contributed by atoms with van der Waals surface area (Å²) in [6.45, 7) is 5.51. The van der Waals surface area contributed by atoms with Gasteiger partial charge >= 0.3 is 0 Å². The SMILES string of the molecule is CCC(CNC)c1cccc2cccc(C)c12. The normalized spacial score (nSPS) is 12.9. The maximum Gasteiger partial charge on any atom is 0.00172 e. The van der Waals surface area contributed by atoms with Crippen molar-refractivity contribution in [2.45, 2.75) is 26.2 Å². The van der Waals surface area contributed by atoms with E-state index in [9.17, 15) is 0 Å². The van der Waals surface area contributed by atoms with Gasteiger partial charge in [-0.3, -0.25) is 0 Å². The third-order valence-corrected chi connectivity index (χ3v) is 3.53. The Hall–Kier alpha value is -1.34. The molecule has 17 heavy (non-hydrogen) atoms. The van der Waals surface area contributed by atoms with Crippen molar-refractivity contribution in [2.75, 3.05) is 13.6 Å². The Labute approximate surface area is 104 Å². The molecule has 0 aromatic heterocycles. The van der Waals surface area contributed by atoms with Gasteiger partial charge in [-0.25, -0.2) is 0 Å². The van der Waals surface area contributed by atoms with Crippen molar-refractivity contribution in [1.29, 1.82) is 0 Å². The highest BCUT2D eigenvalue weighted by Gasteiger charge is 2.12. The summed E-state index contributed by atoms with van der Waals surface area (Å²) in [7, 11) is 2.03. The molecule has 0 fully saturated rings. The smallest absolute Gasteiger partial charge is 0.00172 e. The summed E-state index contributed by atoms with van der Waals surface area (Å²) in [6.07, 6.45) is 1.17. The van der Waals surface area contributed by atoms with E-state index in [2.05, 4.69) is 55.6 Å². The van der Waals surface area contributed by atoms with Crippen molar-refractivity contribution >= 4 is 10.8 Å². The van der Waals surface area contributed by atoms with Crippen molar-refractivity contribution in [2.24, 2.45) is 0 Å². The maximum atomic E-state index is 3.30. The van der Waals surface area contributed by atoms with Gasteiger partial charge in [-0.1, -0.05) is 43.3 Å². The number of hydrogen-bond donors (Lipinski definition) is 1. The number of fused-ring (bicyclic) bond motifs is 1. The fourth-order valence-corrected chi connectivity index (χ4v) is 2.62. The second-order valence-corrected chi connectivity index (χ2v) is 4.68. The van der Waals surface area contributed by atoms with Crippen LogP contribution in [-0.4, -0.2) is 13.6 Å².